The number of aryl methyl sites for hydroxylation is 2. The summed E-state index contributed by atoms with van der Waals surface area (Å²) >= 11 is 0. The van der Waals surface area contributed by atoms with E-state index >= 15 is 0 Å². The van der Waals surface area contributed by atoms with Gasteiger partial charge in [-0.2, -0.15) is 19.4 Å². The highest BCUT2D eigenvalue weighted by Gasteiger charge is 2.49. The third kappa shape index (κ3) is 4.14. The van der Waals surface area contributed by atoms with Gasteiger partial charge in [-0.3, -0.25) is 4.68 Å². The second-order valence-electron chi connectivity index (χ2n) is 9.22. The minimum atomic E-state index is -3.82. The van der Waals surface area contributed by atoms with Gasteiger partial charge in [0, 0.05) is 30.4 Å². The summed E-state index contributed by atoms with van der Waals surface area (Å²) in [7, 11) is -2.07. The molecule has 11 nitrogen and oxygen atoms in total. The predicted molar refractivity (Wildman–Crippen MR) is 120 cm³/mol. The molecule has 5 rings (SSSR count). The van der Waals surface area contributed by atoms with Crippen LogP contribution >= 0.6 is 0 Å². The van der Waals surface area contributed by atoms with Crippen molar-refractivity contribution >= 4 is 27.7 Å². The number of urea groups is 1. The van der Waals surface area contributed by atoms with Crippen LogP contribution in [-0.4, -0.2) is 56.0 Å². The van der Waals surface area contributed by atoms with Crippen molar-refractivity contribution in [2.24, 2.45) is 13.0 Å². The van der Waals surface area contributed by atoms with Gasteiger partial charge in [-0.25, -0.2) is 17.9 Å². The van der Waals surface area contributed by atoms with Crippen molar-refractivity contribution in [1.82, 2.24) is 24.6 Å². The molecule has 3 aliphatic rings. The normalized spacial score (nSPS) is 21.7. The van der Waals surface area contributed by atoms with Crippen molar-refractivity contribution in [3.05, 3.63) is 58.6 Å². The number of nitrogens with one attached hydrogen (secondary N) is 1. The molecule has 1 fully saturated rings. The number of imide groups is 1. The lowest BCUT2D eigenvalue weighted by molar-refractivity contribution is -0.459. The minimum Gasteiger partial charge on any atom is -0.357 e. The molecular weight excluding hydrogens is 460 g/mol. The van der Waals surface area contributed by atoms with Crippen LogP contribution < -0.4 is 4.72 Å². The molecule has 0 aromatic carbocycles. The molecule has 0 bridgehead atoms. The summed E-state index contributed by atoms with van der Waals surface area (Å²) < 4.78 is 36.9. The van der Waals surface area contributed by atoms with Gasteiger partial charge < -0.3 is 4.52 Å². The Morgan fingerprint density at radius 2 is 2.06 bits per heavy atom. The number of amides is 3. The van der Waals surface area contributed by atoms with Gasteiger partial charge in [0.25, 0.3) is 0 Å². The van der Waals surface area contributed by atoms with Crippen molar-refractivity contribution in [2.75, 3.05) is 0 Å². The highest BCUT2D eigenvalue weighted by Crippen LogP contribution is 2.36. The molecule has 178 valence electrons. The number of carbonyl (C=O) groups excluding carboxylic acids is 2. The van der Waals surface area contributed by atoms with Crippen LogP contribution in [0.1, 0.15) is 36.8 Å². The van der Waals surface area contributed by atoms with E-state index in [1.807, 2.05) is 6.92 Å². The molecule has 1 unspecified atom stereocenters. The topological polar surface area (TPSA) is 130 Å². The summed E-state index contributed by atoms with van der Waals surface area (Å²) in [5.74, 6) is -0.989. The molecule has 2 aromatic heterocycles. The summed E-state index contributed by atoms with van der Waals surface area (Å²) in [4.78, 5) is 28.0. The predicted octanol–water partition coefficient (Wildman–Crippen LogP) is 1.37. The van der Waals surface area contributed by atoms with Crippen LogP contribution in [0.3, 0.4) is 0 Å². The van der Waals surface area contributed by atoms with E-state index in [1.165, 1.54) is 22.8 Å². The van der Waals surface area contributed by atoms with Gasteiger partial charge in [-0.05, 0) is 44.9 Å². The molecule has 1 atom stereocenters. The van der Waals surface area contributed by atoms with Crippen LogP contribution in [0.25, 0.3) is 0 Å². The monoisotopic (exact) mass is 485 g/mol. The van der Waals surface area contributed by atoms with E-state index in [9.17, 15) is 18.0 Å². The van der Waals surface area contributed by atoms with Gasteiger partial charge in [-0.1, -0.05) is 5.16 Å². The number of sulfonamides is 1. The molecule has 12 heteroatoms. The second-order valence-corrected chi connectivity index (χ2v) is 10.9. The third-order valence-corrected chi connectivity index (χ3v) is 7.81. The molecule has 0 saturated heterocycles. The molecule has 34 heavy (non-hydrogen) atoms. The quantitative estimate of drug-likeness (QED) is 0.586. The number of carbonyl (C=O) groups is 2. The van der Waals surface area contributed by atoms with E-state index in [1.54, 1.807) is 37.1 Å². The fraction of sp³-hybridized carbons (Fsp3) is 0.409. The molecule has 1 aliphatic heterocycles. The van der Waals surface area contributed by atoms with Crippen molar-refractivity contribution in [3.63, 3.8) is 0 Å². The lowest BCUT2D eigenvalue weighted by Gasteiger charge is -2.27. The SMILES string of the molecule is Cc1cc(C[N+]2=C3C=CC(S(=O)(=O)NC4(C)CC4)=CC3C(=O)N(Cc3cnn(C)c3)C2=O)on1. The number of hydrogen-bond acceptors (Lipinski definition) is 7. The highest BCUT2D eigenvalue weighted by atomic mass is 32.2. The number of aromatic nitrogens is 3. The number of allylic oxidation sites excluding steroid dienone is 2. The number of rotatable bonds is 7. The standard InChI is InChI=1S/C22H25N6O5S/c1-14-8-16(33-24-14)13-27-19-5-4-17(34(31,32)25-22(2)6-7-22)9-18(19)20(29)28(21(27)30)12-15-10-23-26(3)11-15/h4-5,8-11,18,25H,6-7,12-13H2,1-3H3/q+1. The average Bonchev–Trinajstić information content (AvgIpc) is 3.14. The first kappa shape index (κ1) is 22.4. The lowest BCUT2D eigenvalue weighted by Crippen LogP contribution is -2.54. The molecule has 1 N–H and O–H groups in total. The van der Waals surface area contributed by atoms with Crippen LogP contribution in [0.15, 0.2) is 46.1 Å². The lowest BCUT2D eigenvalue weighted by atomic mass is 9.94. The average molecular weight is 486 g/mol. The van der Waals surface area contributed by atoms with Gasteiger partial charge in [0.2, 0.25) is 10.0 Å². The highest BCUT2D eigenvalue weighted by molar-refractivity contribution is 7.93. The van der Waals surface area contributed by atoms with Crippen molar-refractivity contribution in [2.45, 2.75) is 45.3 Å². The van der Waals surface area contributed by atoms with Crippen LogP contribution in [0, 0.1) is 12.8 Å². The zero-order valence-electron chi connectivity index (χ0n) is 19.1. The summed E-state index contributed by atoms with van der Waals surface area (Å²) in [6.07, 6.45) is 9.19. The van der Waals surface area contributed by atoms with E-state index in [4.69, 9.17) is 4.52 Å². The molecule has 2 aromatic rings. The fourth-order valence-electron chi connectivity index (χ4n) is 4.09. The van der Waals surface area contributed by atoms with E-state index < -0.39 is 33.4 Å². The van der Waals surface area contributed by atoms with Crippen molar-refractivity contribution in [3.8, 4) is 0 Å². The first-order valence-corrected chi connectivity index (χ1v) is 12.4. The molecule has 1 saturated carbocycles. The molecule has 2 aliphatic carbocycles. The van der Waals surface area contributed by atoms with E-state index in [0.29, 0.717) is 22.7 Å². The van der Waals surface area contributed by atoms with Gasteiger partial charge in [0.15, 0.2) is 12.3 Å². The van der Waals surface area contributed by atoms with Gasteiger partial charge in [0.05, 0.1) is 16.8 Å². The summed E-state index contributed by atoms with van der Waals surface area (Å²) in [5, 5.41) is 7.97. The number of fused-ring (bicyclic) bond motifs is 1. The van der Waals surface area contributed by atoms with Crippen LogP contribution in [0.4, 0.5) is 4.79 Å². The van der Waals surface area contributed by atoms with Gasteiger partial charge >= 0.3 is 11.9 Å². The van der Waals surface area contributed by atoms with E-state index in [0.717, 1.165) is 17.7 Å². The first-order chi connectivity index (χ1) is 16.0. The Labute approximate surface area is 196 Å². The second kappa shape index (κ2) is 7.84. The molecule has 0 radical (unpaired) electrons. The van der Waals surface area contributed by atoms with E-state index in [-0.39, 0.29) is 18.0 Å². The molecule has 0 spiro atoms. The van der Waals surface area contributed by atoms with Crippen molar-refractivity contribution < 1.29 is 27.1 Å². The molecular formula is C22H25N6O5S+. The summed E-state index contributed by atoms with van der Waals surface area (Å²) in [5.41, 5.74) is 1.28. The van der Waals surface area contributed by atoms with Gasteiger partial charge in [-0.15, -0.1) is 0 Å². The fourth-order valence-corrected chi connectivity index (χ4v) is 5.62. The molecule has 3 heterocycles. The number of nitrogens with zero attached hydrogens (tertiary/aromatic N) is 5. The van der Waals surface area contributed by atoms with Crippen LogP contribution in [-0.2, 0) is 35.0 Å². The van der Waals surface area contributed by atoms with Crippen molar-refractivity contribution in [1.29, 1.82) is 0 Å². The minimum absolute atomic E-state index is 0.00821. The van der Waals surface area contributed by atoms with Crippen LogP contribution in [0.5, 0.6) is 0 Å². The Morgan fingerprint density at radius 3 is 2.68 bits per heavy atom. The third-order valence-electron chi connectivity index (χ3n) is 6.15. The summed E-state index contributed by atoms with van der Waals surface area (Å²) in [6, 6.07) is 1.19. The Hall–Kier alpha value is -3.38. The Morgan fingerprint density at radius 1 is 1.29 bits per heavy atom. The maximum absolute atomic E-state index is 13.5. The molecule has 3 amide bonds. The van der Waals surface area contributed by atoms with Crippen LogP contribution in [0.2, 0.25) is 0 Å². The zero-order valence-corrected chi connectivity index (χ0v) is 19.9. The Kier molecular flexibility index (Phi) is 5.17. The maximum atomic E-state index is 13.5. The Balaban J connectivity index is 1.54. The largest absolute Gasteiger partial charge is 0.501 e. The smallest absolute Gasteiger partial charge is 0.357 e. The first-order valence-electron chi connectivity index (χ1n) is 10.9. The van der Waals surface area contributed by atoms with Gasteiger partial charge in [0.1, 0.15) is 18.2 Å². The zero-order chi connectivity index (χ0) is 24.3. The Bertz CT molecular complexity index is 1390. The maximum Gasteiger partial charge on any atom is 0.501 e. The van der Waals surface area contributed by atoms with E-state index in [2.05, 4.69) is 15.0 Å². The summed E-state index contributed by atoms with van der Waals surface area (Å²) in [6.45, 7) is 3.68. The number of hydrogen-bond donors (Lipinski definition) is 1.